The highest BCUT2D eigenvalue weighted by atomic mass is 79.9. The molecule has 0 spiro atoms. The molecule has 0 unspecified atom stereocenters. The molecule has 0 atom stereocenters. The lowest BCUT2D eigenvalue weighted by Gasteiger charge is -2.06. The monoisotopic (exact) mass is 602 g/mol. The van der Waals surface area contributed by atoms with E-state index in [2.05, 4.69) is 19.2 Å². The molecule has 0 saturated heterocycles. The first-order valence-electron chi connectivity index (χ1n) is 18.1. The van der Waals surface area contributed by atoms with Crippen LogP contribution in [0.3, 0.4) is 0 Å². The minimum atomic E-state index is 0. The molecule has 0 radical (unpaired) electrons. The minimum Gasteiger partial charge on any atom is -0.317 e. The largest absolute Gasteiger partial charge is 0.317 e. The summed E-state index contributed by atoms with van der Waals surface area (Å²) in [5, 5.41) is 3.68. The van der Waals surface area contributed by atoms with Crippen LogP contribution in [0.5, 0.6) is 0 Å². The summed E-state index contributed by atoms with van der Waals surface area (Å²) in [6.07, 6.45) is 46.7. The van der Waals surface area contributed by atoms with Gasteiger partial charge in [0.05, 0.1) is 0 Å². The van der Waals surface area contributed by atoms with Gasteiger partial charge in [-0.2, -0.15) is 0 Å². The second-order valence-corrected chi connectivity index (χ2v) is 12.4. The van der Waals surface area contributed by atoms with Crippen molar-refractivity contribution in [3.8, 4) is 0 Å². The third-order valence-electron chi connectivity index (χ3n) is 8.41. The van der Waals surface area contributed by atoms with Crippen LogP contribution < -0.4 is 5.32 Å². The van der Waals surface area contributed by atoms with Gasteiger partial charge >= 0.3 is 0 Å². The number of halogens is 1. The lowest BCUT2D eigenvalue weighted by Crippen LogP contribution is -2.16. The lowest BCUT2D eigenvalue weighted by atomic mass is 10.0. The summed E-state index contributed by atoms with van der Waals surface area (Å²) in [6.45, 7) is 7.11. The Labute approximate surface area is 254 Å². The molecule has 0 aliphatic rings. The van der Waals surface area contributed by atoms with E-state index in [1.807, 2.05) is 0 Å². The number of rotatable bonds is 34. The van der Waals surface area contributed by atoms with Crippen molar-refractivity contribution in [1.29, 1.82) is 0 Å². The number of unbranched alkanes of at least 4 members (excludes halogenated alkanes) is 30. The van der Waals surface area contributed by atoms with E-state index in [0.29, 0.717) is 0 Å². The quantitative estimate of drug-likeness (QED) is 0.0723. The predicted molar refractivity (Wildman–Crippen MR) is 182 cm³/mol. The zero-order chi connectivity index (χ0) is 26.7. The second-order valence-electron chi connectivity index (χ2n) is 12.4. The molecule has 0 aliphatic carbocycles. The highest BCUT2D eigenvalue weighted by Crippen LogP contribution is 2.15. The molecule has 0 aromatic rings. The third-order valence-corrected chi connectivity index (χ3v) is 8.41. The van der Waals surface area contributed by atoms with E-state index >= 15 is 0 Å². The fourth-order valence-corrected chi connectivity index (χ4v) is 5.72. The van der Waals surface area contributed by atoms with Crippen LogP contribution in [0.1, 0.15) is 219 Å². The van der Waals surface area contributed by atoms with Gasteiger partial charge in [0.25, 0.3) is 0 Å². The van der Waals surface area contributed by atoms with Crippen molar-refractivity contribution in [2.45, 2.75) is 219 Å². The fourth-order valence-electron chi connectivity index (χ4n) is 5.72. The van der Waals surface area contributed by atoms with Crippen LogP contribution in [0.4, 0.5) is 0 Å². The fraction of sp³-hybridized carbons (Fsp3) is 1.00. The van der Waals surface area contributed by atoms with Crippen LogP contribution >= 0.6 is 17.0 Å². The van der Waals surface area contributed by atoms with Crippen LogP contribution in [0.25, 0.3) is 0 Å². The summed E-state index contributed by atoms with van der Waals surface area (Å²) in [5.41, 5.74) is 0. The Bertz CT molecular complexity index is 338. The maximum Gasteiger partial charge on any atom is -0.00489 e. The molecule has 2 heteroatoms. The van der Waals surface area contributed by atoms with Crippen LogP contribution in [-0.4, -0.2) is 13.1 Å². The van der Waals surface area contributed by atoms with Crippen molar-refractivity contribution in [2.75, 3.05) is 13.1 Å². The highest BCUT2D eigenvalue weighted by molar-refractivity contribution is 8.93. The summed E-state index contributed by atoms with van der Waals surface area (Å²) in [6, 6.07) is 0. The predicted octanol–water partition coefficient (Wildman–Crippen LogP) is 13.7. The lowest BCUT2D eigenvalue weighted by molar-refractivity contribution is 0.515. The van der Waals surface area contributed by atoms with Crippen LogP contribution in [0, 0.1) is 0 Å². The summed E-state index contributed by atoms with van der Waals surface area (Å²) in [4.78, 5) is 0. The molecule has 1 nitrogen and oxygen atoms in total. The molecular formula is C36H76BrN. The van der Waals surface area contributed by atoms with Gasteiger partial charge in [0.1, 0.15) is 0 Å². The Kier molecular flexibility index (Phi) is 42.3. The van der Waals surface area contributed by atoms with Gasteiger partial charge in [-0.25, -0.2) is 0 Å². The Balaban J connectivity index is 0. The van der Waals surface area contributed by atoms with E-state index in [1.165, 1.54) is 219 Å². The molecule has 1 N–H and O–H groups in total. The maximum absolute atomic E-state index is 3.68. The summed E-state index contributed by atoms with van der Waals surface area (Å²) >= 11 is 0. The molecular weight excluding hydrogens is 526 g/mol. The van der Waals surface area contributed by atoms with Gasteiger partial charge in [0.2, 0.25) is 0 Å². The van der Waals surface area contributed by atoms with E-state index in [9.17, 15) is 0 Å². The average molecular weight is 603 g/mol. The SMILES string of the molecule is Br.CCCCCCCCCCCCCCCCCCNCCCCCCCCCCCCCCCCCC. The number of hydrogen-bond acceptors (Lipinski definition) is 1. The number of nitrogens with one attached hydrogen (secondary N) is 1. The molecule has 0 heterocycles. The van der Waals surface area contributed by atoms with Gasteiger partial charge in [-0.1, -0.05) is 206 Å². The smallest absolute Gasteiger partial charge is 0.00489 e. The molecule has 0 fully saturated rings. The second kappa shape index (κ2) is 39.6. The standard InChI is InChI=1S/C36H75N.BrH/c1-3-5-7-9-11-13-15-17-19-21-23-25-27-29-31-33-35-37-36-34-32-30-28-26-24-22-20-18-16-14-12-10-8-6-4-2;/h37H,3-36H2,1-2H3;1H. The summed E-state index contributed by atoms with van der Waals surface area (Å²) in [7, 11) is 0. The van der Waals surface area contributed by atoms with E-state index < -0.39 is 0 Å². The van der Waals surface area contributed by atoms with E-state index in [0.717, 1.165) is 0 Å². The van der Waals surface area contributed by atoms with Gasteiger partial charge in [-0.3, -0.25) is 0 Å². The zero-order valence-electron chi connectivity index (χ0n) is 26.9. The van der Waals surface area contributed by atoms with Crippen molar-refractivity contribution < 1.29 is 0 Å². The summed E-state index contributed by atoms with van der Waals surface area (Å²) < 4.78 is 0. The normalized spacial score (nSPS) is 11.2. The van der Waals surface area contributed by atoms with Gasteiger partial charge < -0.3 is 5.32 Å². The van der Waals surface area contributed by atoms with E-state index in [-0.39, 0.29) is 17.0 Å². The van der Waals surface area contributed by atoms with Crippen LogP contribution in [0.15, 0.2) is 0 Å². The molecule has 0 aliphatic heterocycles. The molecule has 0 aromatic heterocycles. The highest BCUT2D eigenvalue weighted by Gasteiger charge is 1.97. The Hall–Kier alpha value is 0.440. The number of hydrogen-bond donors (Lipinski definition) is 1. The molecule has 38 heavy (non-hydrogen) atoms. The molecule has 0 bridgehead atoms. The van der Waals surface area contributed by atoms with E-state index in [4.69, 9.17) is 0 Å². The molecule has 0 saturated carbocycles. The first kappa shape index (κ1) is 40.6. The molecule has 232 valence electrons. The Morgan fingerprint density at radius 1 is 0.237 bits per heavy atom. The van der Waals surface area contributed by atoms with Crippen molar-refractivity contribution >= 4 is 17.0 Å². The van der Waals surface area contributed by atoms with Crippen LogP contribution in [0.2, 0.25) is 0 Å². The maximum atomic E-state index is 3.68. The van der Waals surface area contributed by atoms with Gasteiger partial charge in [-0.05, 0) is 25.9 Å². The molecule has 0 amide bonds. The topological polar surface area (TPSA) is 12.0 Å². The van der Waals surface area contributed by atoms with Crippen molar-refractivity contribution in [3.05, 3.63) is 0 Å². The minimum absolute atomic E-state index is 0. The van der Waals surface area contributed by atoms with Crippen molar-refractivity contribution in [2.24, 2.45) is 0 Å². The van der Waals surface area contributed by atoms with Gasteiger partial charge in [-0.15, -0.1) is 17.0 Å². The zero-order valence-corrected chi connectivity index (χ0v) is 28.7. The molecule has 0 rings (SSSR count). The first-order valence-corrected chi connectivity index (χ1v) is 18.1. The van der Waals surface area contributed by atoms with E-state index in [1.54, 1.807) is 0 Å². The van der Waals surface area contributed by atoms with Crippen molar-refractivity contribution in [1.82, 2.24) is 5.32 Å². The van der Waals surface area contributed by atoms with Gasteiger partial charge in [0, 0.05) is 0 Å². The first-order chi connectivity index (χ1) is 18.4. The Morgan fingerprint density at radius 3 is 0.579 bits per heavy atom. The Morgan fingerprint density at radius 2 is 0.395 bits per heavy atom. The van der Waals surface area contributed by atoms with Crippen molar-refractivity contribution in [3.63, 3.8) is 0 Å². The summed E-state index contributed by atoms with van der Waals surface area (Å²) in [5.74, 6) is 0. The average Bonchev–Trinajstić information content (AvgIpc) is 2.91. The molecule has 0 aromatic carbocycles. The van der Waals surface area contributed by atoms with Crippen LogP contribution in [-0.2, 0) is 0 Å². The third kappa shape index (κ3) is 38.6. The van der Waals surface area contributed by atoms with Gasteiger partial charge in [0.15, 0.2) is 0 Å².